The number of halogens is 1. The maximum Gasteiger partial charge on any atom is 0.315 e. The molecule has 78 valence electrons. The van der Waals surface area contributed by atoms with Crippen LogP contribution in [0.3, 0.4) is 0 Å². The van der Waals surface area contributed by atoms with Crippen molar-refractivity contribution in [1.29, 1.82) is 0 Å². The Kier molecular flexibility index (Phi) is 2.07. The highest BCUT2D eigenvalue weighted by Crippen LogP contribution is 2.42. The number of hydrogen-bond donors (Lipinski definition) is 1. The van der Waals surface area contributed by atoms with Gasteiger partial charge in [0.05, 0.1) is 0 Å². The van der Waals surface area contributed by atoms with E-state index < -0.39 is 17.2 Å². The third-order valence-corrected chi connectivity index (χ3v) is 2.80. The Morgan fingerprint density at radius 2 is 1.93 bits per heavy atom. The van der Waals surface area contributed by atoms with Crippen LogP contribution in [0, 0.1) is 5.82 Å². The highest BCUT2D eigenvalue weighted by Gasteiger charge is 2.52. The van der Waals surface area contributed by atoms with E-state index in [0.29, 0.717) is 0 Å². The summed E-state index contributed by atoms with van der Waals surface area (Å²) in [5.74, 6) is -1.83. The van der Waals surface area contributed by atoms with E-state index in [1.807, 2.05) is 0 Å². The van der Waals surface area contributed by atoms with Crippen molar-refractivity contribution in [3.8, 4) is 0 Å². The summed E-state index contributed by atoms with van der Waals surface area (Å²) in [5.41, 5.74) is -1.22. The van der Waals surface area contributed by atoms with Gasteiger partial charge < -0.3 is 5.11 Å². The quantitative estimate of drug-likeness (QED) is 0.801. The predicted molar refractivity (Wildman–Crippen MR) is 50.0 cm³/mol. The number of Topliss-reactive ketones (excluding diaryl/α,β-unsaturated/α-hetero) is 1. The summed E-state index contributed by atoms with van der Waals surface area (Å²) in [5, 5.41) is 9.06. The molecule has 0 spiro atoms. The van der Waals surface area contributed by atoms with Crippen LogP contribution < -0.4 is 0 Å². The largest absolute Gasteiger partial charge is 0.481 e. The third-order valence-electron chi connectivity index (χ3n) is 2.80. The van der Waals surface area contributed by atoms with E-state index in [9.17, 15) is 14.0 Å². The van der Waals surface area contributed by atoms with Gasteiger partial charge in [-0.2, -0.15) is 0 Å². The molecule has 1 N–H and O–H groups in total. The monoisotopic (exact) mass is 208 g/mol. The molecule has 0 bridgehead atoms. The third kappa shape index (κ3) is 1.33. The van der Waals surface area contributed by atoms with Gasteiger partial charge in [0, 0.05) is 18.4 Å². The second kappa shape index (κ2) is 3.15. The van der Waals surface area contributed by atoms with Crippen LogP contribution >= 0.6 is 0 Å². The first-order chi connectivity index (χ1) is 7.06. The maximum atomic E-state index is 13.4. The van der Waals surface area contributed by atoms with Crippen LogP contribution in [0.5, 0.6) is 0 Å². The molecule has 1 aliphatic carbocycles. The Morgan fingerprint density at radius 3 is 2.40 bits per heavy atom. The van der Waals surface area contributed by atoms with Gasteiger partial charge in [0.1, 0.15) is 17.0 Å². The number of hydrogen-bond acceptors (Lipinski definition) is 2. The van der Waals surface area contributed by atoms with Crippen molar-refractivity contribution in [2.75, 3.05) is 0 Å². The number of carbonyl (C=O) groups is 2. The van der Waals surface area contributed by atoms with Gasteiger partial charge in [0.25, 0.3) is 0 Å². The Hall–Kier alpha value is -1.71. The van der Waals surface area contributed by atoms with Gasteiger partial charge in [-0.05, 0) is 6.07 Å². The van der Waals surface area contributed by atoms with E-state index in [0.717, 1.165) is 0 Å². The molecule has 0 radical (unpaired) electrons. The van der Waals surface area contributed by atoms with E-state index in [-0.39, 0.29) is 24.2 Å². The molecule has 0 saturated heterocycles. The maximum absolute atomic E-state index is 13.4. The summed E-state index contributed by atoms with van der Waals surface area (Å²) in [4.78, 5) is 22.0. The van der Waals surface area contributed by atoms with Crippen molar-refractivity contribution < 1.29 is 19.1 Å². The Labute approximate surface area is 85.5 Å². The van der Waals surface area contributed by atoms with E-state index in [1.165, 1.54) is 18.2 Å². The summed E-state index contributed by atoms with van der Waals surface area (Å²) >= 11 is 0. The number of carboxylic acids is 1. The van der Waals surface area contributed by atoms with E-state index in [1.54, 1.807) is 6.07 Å². The fourth-order valence-corrected chi connectivity index (χ4v) is 1.93. The summed E-state index contributed by atoms with van der Waals surface area (Å²) in [7, 11) is 0. The molecular formula is C11H9FO3. The second-order valence-corrected chi connectivity index (χ2v) is 3.76. The summed E-state index contributed by atoms with van der Waals surface area (Å²) in [6, 6.07) is 5.71. The minimum atomic E-state index is -1.33. The number of carboxylic acid groups (broad SMARTS) is 1. The van der Waals surface area contributed by atoms with Crippen LogP contribution in [-0.4, -0.2) is 16.9 Å². The smallest absolute Gasteiger partial charge is 0.315 e. The molecule has 0 atom stereocenters. The van der Waals surface area contributed by atoms with Crippen molar-refractivity contribution in [2.24, 2.45) is 0 Å². The molecular weight excluding hydrogens is 199 g/mol. The van der Waals surface area contributed by atoms with Crippen molar-refractivity contribution in [2.45, 2.75) is 18.3 Å². The lowest BCUT2D eigenvalue weighted by Gasteiger charge is -2.36. The fourth-order valence-electron chi connectivity index (χ4n) is 1.93. The predicted octanol–water partition coefficient (Wildman–Crippen LogP) is 1.51. The lowest BCUT2D eigenvalue weighted by Crippen LogP contribution is -2.48. The Morgan fingerprint density at radius 1 is 1.33 bits per heavy atom. The highest BCUT2D eigenvalue weighted by atomic mass is 19.1. The zero-order valence-electron chi connectivity index (χ0n) is 7.87. The van der Waals surface area contributed by atoms with Gasteiger partial charge in [0.2, 0.25) is 0 Å². The lowest BCUT2D eigenvalue weighted by atomic mass is 9.63. The molecule has 4 heteroatoms. The highest BCUT2D eigenvalue weighted by molar-refractivity contribution is 6.01. The average molecular weight is 208 g/mol. The zero-order valence-corrected chi connectivity index (χ0v) is 7.87. The summed E-state index contributed by atoms with van der Waals surface area (Å²) in [6.07, 6.45) is -0.216. The van der Waals surface area contributed by atoms with Crippen LogP contribution in [0.1, 0.15) is 18.4 Å². The molecule has 1 saturated carbocycles. The van der Waals surface area contributed by atoms with Gasteiger partial charge >= 0.3 is 5.97 Å². The topological polar surface area (TPSA) is 54.4 Å². The molecule has 3 nitrogen and oxygen atoms in total. The fraction of sp³-hybridized carbons (Fsp3) is 0.273. The van der Waals surface area contributed by atoms with Gasteiger partial charge in [0.15, 0.2) is 0 Å². The van der Waals surface area contributed by atoms with Gasteiger partial charge in [-0.15, -0.1) is 0 Å². The van der Waals surface area contributed by atoms with Gasteiger partial charge in [-0.3, -0.25) is 9.59 Å². The molecule has 1 aromatic carbocycles. The SMILES string of the molecule is O=C1CC(C(=O)O)(c2ccccc2F)C1. The van der Waals surface area contributed by atoms with Crippen molar-refractivity contribution in [1.82, 2.24) is 0 Å². The zero-order chi connectivity index (χ0) is 11.1. The van der Waals surface area contributed by atoms with Crippen LogP contribution in [-0.2, 0) is 15.0 Å². The lowest BCUT2D eigenvalue weighted by molar-refractivity contribution is -0.153. The molecule has 0 aliphatic heterocycles. The van der Waals surface area contributed by atoms with Gasteiger partial charge in [-0.1, -0.05) is 18.2 Å². The van der Waals surface area contributed by atoms with E-state index in [2.05, 4.69) is 0 Å². The average Bonchev–Trinajstić information content (AvgIpc) is 2.13. The van der Waals surface area contributed by atoms with Crippen molar-refractivity contribution in [3.63, 3.8) is 0 Å². The Bertz CT molecular complexity index is 431. The molecule has 15 heavy (non-hydrogen) atoms. The first-order valence-corrected chi connectivity index (χ1v) is 4.56. The van der Waals surface area contributed by atoms with Crippen LogP contribution in [0.4, 0.5) is 4.39 Å². The van der Waals surface area contributed by atoms with Crippen LogP contribution in [0.2, 0.25) is 0 Å². The minimum Gasteiger partial charge on any atom is -0.481 e. The molecule has 2 rings (SSSR count). The first-order valence-electron chi connectivity index (χ1n) is 4.56. The molecule has 1 fully saturated rings. The van der Waals surface area contributed by atoms with Crippen LogP contribution in [0.25, 0.3) is 0 Å². The number of ketones is 1. The number of rotatable bonds is 2. The number of carbonyl (C=O) groups excluding carboxylic acids is 1. The van der Waals surface area contributed by atoms with Crippen molar-refractivity contribution in [3.05, 3.63) is 35.6 Å². The summed E-state index contributed by atoms with van der Waals surface area (Å²) < 4.78 is 13.4. The van der Waals surface area contributed by atoms with E-state index >= 15 is 0 Å². The van der Waals surface area contributed by atoms with Gasteiger partial charge in [-0.25, -0.2) is 4.39 Å². The first kappa shape index (κ1) is 9.83. The molecule has 1 aliphatic rings. The van der Waals surface area contributed by atoms with Crippen molar-refractivity contribution >= 4 is 11.8 Å². The molecule has 0 heterocycles. The number of benzene rings is 1. The normalized spacial score (nSPS) is 18.3. The van der Waals surface area contributed by atoms with E-state index in [4.69, 9.17) is 5.11 Å². The van der Waals surface area contributed by atoms with Crippen LogP contribution in [0.15, 0.2) is 24.3 Å². The molecule has 1 aromatic rings. The number of aliphatic carboxylic acids is 1. The summed E-state index contributed by atoms with van der Waals surface area (Å²) in [6.45, 7) is 0. The second-order valence-electron chi connectivity index (χ2n) is 3.76. The Balaban J connectivity index is 2.48. The standard InChI is InChI=1S/C11H9FO3/c12-9-4-2-1-3-8(9)11(10(14)15)5-7(13)6-11/h1-4H,5-6H2,(H,14,15). The molecule has 0 aromatic heterocycles. The molecule has 0 unspecified atom stereocenters. The molecule has 0 amide bonds. The minimum absolute atomic E-state index is 0.108.